The Morgan fingerprint density at radius 1 is 1.50 bits per heavy atom. The molecule has 5 heteroatoms. The number of ether oxygens (including phenoxy) is 1. The number of hydrogen-bond donors (Lipinski definition) is 0. The normalized spacial score (nSPS) is 10.4. The summed E-state index contributed by atoms with van der Waals surface area (Å²) in [7, 11) is 0. The van der Waals surface area contributed by atoms with Gasteiger partial charge in [-0.2, -0.15) is 8.78 Å². The summed E-state index contributed by atoms with van der Waals surface area (Å²) >= 11 is 3.11. The number of aromatic nitrogens is 1. The van der Waals surface area contributed by atoms with Gasteiger partial charge in [-0.05, 0) is 28.4 Å². The predicted molar refractivity (Wildman–Crippen MR) is 43.3 cm³/mol. The van der Waals surface area contributed by atoms with E-state index >= 15 is 0 Å². The first-order valence-electron chi connectivity index (χ1n) is 3.16. The van der Waals surface area contributed by atoms with Crippen LogP contribution in [-0.4, -0.2) is 11.6 Å². The molecule has 0 fully saturated rings. The van der Waals surface area contributed by atoms with Crippen LogP contribution in [0.5, 0.6) is 5.75 Å². The molecule has 0 saturated carbocycles. The third kappa shape index (κ3) is 2.14. The number of rotatable bonds is 2. The summed E-state index contributed by atoms with van der Waals surface area (Å²) in [4.78, 5) is 3.71. The van der Waals surface area contributed by atoms with Crippen LogP contribution in [-0.2, 0) is 0 Å². The van der Waals surface area contributed by atoms with E-state index in [-0.39, 0.29) is 5.75 Å². The summed E-state index contributed by atoms with van der Waals surface area (Å²) < 4.78 is 28.2. The van der Waals surface area contributed by atoms with E-state index in [1.54, 1.807) is 13.1 Å². The largest absolute Gasteiger partial charge is 0.432 e. The van der Waals surface area contributed by atoms with Gasteiger partial charge < -0.3 is 4.74 Å². The van der Waals surface area contributed by atoms with E-state index in [2.05, 4.69) is 25.7 Å². The molecule has 0 N–H and O–H groups in total. The third-order valence-corrected chi connectivity index (χ3v) is 2.25. The van der Waals surface area contributed by atoms with Crippen molar-refractivity contribution >= 4 is 15.9 Å². The molecule has 12 heavy (non-hydrogen) atoms. The number of aryl methyl sites for hydroxylation is 1. The minimum Gasteiger partial charge on any atom is -0.432 e. The molecule has 0 unspecified atom stereocenters. The molecule has 0 amide bonds. The van der Waals surface area contributed by atoms with Crippen LogP contribution in [0.2, 0.25) is 0 Å². The van der Waals surface area contributed by atoms with E-state index in [1.165, 1.54) is 6.20 Å². The molecule has 2 nitrogen and oxygen atoms in total. The highest BCUT2D eigenvalue weighted by Crippen LogP contribution is 2.27. The van der Waals surface area contributed by atoms with Gasteiger partial charge in [-0.3, -0.25) is 4.98 Å². The second-order valence-electron chi connectivity index (χ2n) is 2.15. The van der Waals surface area contributed by atoms with Gasteiger partial charge in [-0.25, -0.2) is 0 Å². The molecule has 0 aromatic carbocycles. The van der Waals surface area contributed by atoms with Crippen LogP contribution in [0.25, 0.3) is 0 Å². The number of pyridine rings is 1. The van der Waals surface area contributed by atoms with Gasteiger partial charge in [0.2, 0.25) is 0 Å². The molecular weight excluding hydrogens is 232 g/mol. The summed E-state index contributed by atoms with van der Waals surface area (Å²) in [6.07, 6.45) is 2.80. The Balaban J connectivity index is 2.92. The molecule has 0 aliphatic rings. The van der Waals surface area contributed by atoms with Crippen LogP contribution in [0.15, 0.2) is 16.9 Å². The average Bonchev–Trinajstić information content (AvgIpc) is 1.98. The zero-order valence-corrected chi connectivity index (χ0v) is 7.81. The van der Waals surface area contributed by atoms with Crippen LogP contribution < -0.4 is 4.74 Å². The van der Waals surface area contributed by atoms with Crippen molar-refractivity contribution in [3.05, 3.63) is 22.4 Å². The zero-order chi connectivity index (χ0) is 9.14. The number of hydrogen-bond acceptors (Lipinski definition) is 2. The Labute approximate surface area is 76.7 Å². The Kier molecular flexibility index (Phi) is 2.97. The summed E-state index contributed by atoms with van der Waals surface area (Å²) in [6.45, 7) is -1.07. The SMILES string of the molecule is Cc1cncc(OC(F)F)c1Br. The first kappa shape index (κ1) is 9.38. The van der Waals surface area contributed by atoms with Gasteiger partial charge in [-0.15, -0.1) is 0 Å². The molecule has 1 aromatic rings. The highest BCUT2D eigenvalue weighted by Gasteiger charge is 2.09. The van der Waals surface area contributed by atoms with Crippen molar-refractivity contribution in [1.82, 2.24) is 4.98 Å². The maximum atomic E-state index is 11.8. The lowest BCUT2D eigenvalue weighted by Crippen LogP contribution is -2.03. The molecule has 1 aromatic heterocycles. The van der Waals surface area contributed by atoms with E-state index in [4.69, 9.17) is 0 Å². The van der Waals surface area contributed by atoms with Crippen molar-refractivity contribution in [2.75, 3.05) is 0 Å². The lowest BCUT2D eigenvalue weighted by Gasteiger charge is -2.06. The van der Waals surface area contributed by atoms with Gasteiger partial charge in [-0.1, -0.05) is 0 Å². The van der Waals surface area contributed by atoms with Gasteiger partial charge in [0.15, 0.2) is 5.75 Å². The molecule has 0 atom stereocenters. The van der Waals surface area contributed by atoms with Crippen LogP contribution in [0.3, 0.4) is 0 Å². The minimum absolute atomic E-state index is 0.0602. The van der Waals surface area contributed by atoms with Crippen LogP contribution in [0.4, 0.5) is 8.78 Å². The van der Waals surface area contributed by atoms with Crippen molar-refractivity contribution in [2.24, 2.45) is 0 Å². The summed E-state index contributed by atoms with van der Waals surface area (Å²) in [6, 6.07) is 0. The molecule has 1 heterocycles. The topological polar surface area (TPSA) is 22.1 Å². The van der Waals surface area contributed by atoms with Crippen molar-refractivity contribution in [3.63, 3.8) is 0 Å². The molecule has 0 spiro atoms. The molecule has 1 rings (SSSR count). The molecular formula is C7H6BrF2NO. The summed E-state index contributed by atoms with van der Waals surface area (Å²) in [5.74, 6) is 0.0602. The van der Waals surface area contributed by atoms with Gasteiger partial charge in [0.05, 0.1) is 10.7 Å². The first-order chi connectivity index (χ1) is 5.61. The first-order valence-corrected chi connectivity index (χ1v) is 3.95. The van der Waals surface area contributed by atoms with E-state index in [9.17, 15) is 8.78 Å². The predicted octanol–water partition coefficient (Wildman–Crippen LogP) is 2.75. The molecule has 0 bridgehead atoms. The van der Waals surface area contributed by atoms with Gasteiger partial charge in [0.1, 0.15) is 0 Å². The smallest absolute Gasteiger partial charge is 0.387 e. The van der Waals surface area contributed by atoms with Crippen molar-refractivity contribution in [1.29, 1.82) is 0 Å². The third-order valence-electron chi connectivity index (χ3n) is 1.24. The zero-order valence-electron chi connectivity index (χ0n) is 6.22. The number of halogens is 3. The molecule has 0 radical (unpaired) electrons. The fourth-order valence-corrected chi connectivity index (χ4v) is 1.00. The fourth-order valence-electron chi connectivity index (χ4n) is 0.703. The Morgan fingerprint density at radius 3 is 2.75 bits per heavy atom. The standard InChI is InChI=1S/C7H6BrF2NO/c1-4-2-11-3-5(6(4)8)12-7(9)10/h2-3,7H,1H3. The second-order valence-corrected chi connectivity index (χ2v) is 2.94. The monoisotopic (exact) mass is 237 g/mol. The quantitative estimate of drug-likeness (QED) is 0.790. The molecule has 0 saturated heterocycles. The van der Waals surface area contributed by atoms with Gasteiger partial charge >= 0.3 is 6.61 Å². The Hall–Kier alpha value is -0.710. The highest BCUT2D eigenvalue weighted by atomic mass is 79.9. The maximum Gasteiger partial charge on any atom is 0.387 e. The lowest BCUT2D eigenvalue weighted by atomic mass is 10.3. The van der Waals surface area contributed by atoms with E-state index in [1.807, 2.05) is 0 Å². The van der Waals surface area contributed by atoms with Gasteiger partial charge in [0, 0.05) is 6.20 Å². The van der Waals surface area contributed by atoms with Crippen molar-refractivity contribution in [2.45, 2.75) is 13.5 Å². The van der Waals surface area contributed by atoms with E-state index in [0.29, 0.717) is 4.47 Å². The average molecular weight is 238 g/mol. The Bertz CT molecular complexity index is 280. The van der Waals surface area contributed by atoms with Gasteiger partial charge in [0.25, 0.3) is 0 Å². The summed E-state index contributed by atoms with van der Waals surface area (Å²) in [5, 5.41) is 0. The maximum absolute atomic E-state index is 11.8. The van der Waals surface area contributed by atoms with Crippen molar-refractivity contribution < 1.29 is 13.5 Å². The van der Waals surface area contributed by atoms with Crippen LogP contribution in [0, 0.1) is 6.92 Å². The minimum atomic E-state index is -2.81. The summed E-state index contributed by atoms with van der Waals surface area (Å²) in [5.41, 5.74) is 0.758. The Morgan fingerprint density at radius 2 is 2.17 bits per heavy atom. The van der Waals surface area contributed by atoms with E-state index in [0.717, 1.165) is 5.56 Å². The number of nitrogens with zero attached hydrogens (tertiary/aromatic N) is 1. The lowest BCUT2D eigenvalue weighted by molar-refractivity contribution is -0.0506. The molecule has 0 aliphatic carbocycles. The van der Waals surface area contributed by atoms with E-state index < -0.39 is 6.61 Å². The highest BCUT2D eigenvalue weighted by molar-refractivity contribution is 9.10. The van der Waals surface area contributed by atoms with Crippen LogP contribution >= 0.6 is 15.9 Å². The number of alkyl halides is 2. The molecule has 0 aliphatic heterocycles. The second kappa shape index (κ2) is 3.80. The fraction of sp³-hybridized carbons (Fsp3) is 0.286. The molecule has 66 valence electrons. The van der Waals surface area contributed by atoms with Crippen LogP contribution in [0.1, 0.15) is 5.56 Å². The van der Waals surface area contributed by atoms with Crippen molar-refractivity contribution in [3.8, 4) is 5.75 Å².